The summed E-state index contributed by atoms with van der Waals surface area (Å²) < 4.78 is 13.0. The number of nitrogens with two attached hydrogens (primary N) is 1. The van der Waals surface area contributed by atoms with E-state index in [-0.39, 0.29) is 16.8 Å². The minimum Gasteiger partial charge on any atom is -0.383 e. The van der Waals surface area contributed by atoms with Crippen LogP contribution in [0.4, 0.5) is 21.7 Å². The number of anilines is 3. The lowest BCUT2D eigenvalue weighted by molar-refractivity contribution is 0.628. The van der Waals surface area contributed by atoms with E-state index in [1.54, 1.807) is 6.07 Å². The van der Waals surface area contributed by atoms with Gasteiger partial charge in [-0.2, -0.15) is 0 Å². The highest BCUT2D eigenvalue weighted by atomic mass is 35.5. The lowest BCUT2D eigenvalue weighted by Gasteiger charge is -2.15. The molecule has 6 heteroatoms. The quantitative estimate of drug-likeness (QED) is 0.899. The fourth-order valence-corrected chi connectivity index (χ4v) is 2.01. The van der Waals surface area contributed by atoms with Gasteiger partial charge in [0.15, 0.2) is 0 Å². The molecule has 19 heavy (non-hydrogen) atoms. The number of hydrogen-bond donors (Lipinski definition) is 2. The summed E-state index contributed by atoms with van der Waals surface area (Å²) in [6.45, 7) is 3.99. The van der Waals surface area contributed by atoms with Crippen molar-refractivity contribution >= 4 is 28.9 Å². The van der Waals surface area contributed by atoms with Crippen molar-refractivity contribution < 1.29 is 4.39 Å². The Balaban J connectivity index is 2.41. The van der Waals surface area contributed by atoms with Gasteiger partial charge < -0.3 is 11.1 Å². The first-order chi connectivity index (χ1) is 8.99. The normalized spacial score (nSPS) is 10.8. The maximum absolute atomic E-state index is 13.0. The second-order valence-electron chi connectivity index (χ2n) is 4.43. The summed E-state index contributed by atoms with van der Waals surface area (Å²) in [6, 6.07) is 4.12. The Kier molecular flexibility index (Phi) is 3.85. The molecule has 2 aromatic rings. The lowest BCUT2D eigenvalue weighted by Crippen LogP contribution is -2.06. The van der Waals surface area contributed by atoms with Gasteiger partial charge in [0, 0.05) is 5.56 Å². The van der Waals surface area contributed by atoms with Crippen LogP contribution in [0.5, 0.6) is 0 Å². The summed E-state index contributed by atoms with van der Waals surface area (Å²) in [5, 5.41) is 3.34. The Bertz CT molecular complexity index is 601. The third-order valence-electron chi connectivity index (χ3n) is 2.68. The molecule has 1 aromatic heterocycles. The van der Waals surface area contributed by atoms with E-state index in [0.29, 0.717) is 17.3 Å². The predicted octanol–water partition coefficient (Wildman–Crippen LogP) is 3.72. The molecule has 0 fully saturated rings. The van der Waals surface area contributed by atoms with Gasteiger partial charge >= 0.3 is 0 Å². The van der Waals surface area contributed by atoms with Crippen molar-refractivity contribution in [3.8, 4) is 0 Å². The number of rotatable bonds is 3. The number of benzene rings is 1. The topological polar surface area (TPSA) is 63.8 Å². The highest BCUT2D eigenvalue weighted by Crippen LogP contribution is 2.31. The molecule has 0 aliphatic rings. The van der Waals surface area contributed by atoms with Gasteiger partial charge in [-0.1, -0.05) is 25.4 Å². The van der Waals surface area contributed by atoms with Crippen molar-refractivity contribution in [3.63, 3.8) is 0 Å². The van der Waals surface area contributed by atoms with E-state index >= 15 is 0 Å². The molecule has 1 heterocycles. The molecule has 0 bridgehead atoms. The zero-order chi connectivity index (χ0) is 14.0. The zero-order valence-electron chi connectivity index (χ0n) is 10.6. The minimum absolute atomic E-state index is 0.155. The van der Waals surface area contributed by atoms with E-state index in [9.17, 15) is 4.39 Å². The van der Waals surface area contributed by atoms with Crippen LogP contribution in [0.25, 0.3) is 0 Å². The Hall–Kier alpha value is -1.88. The number of halogens is 2. The summed E-state index contributed by atoms with van der Waals surface area (Å²) in [5.74, 6) is 0.770. The first-order valence-corrected chi connectivity index (χ1v) is 6.19. The molecule has 100 valence electrons. The first-order valence-electron chi connectivity index (χ1n) is 5.81. The molecule has 0 radical (unpaired) electrons. The third-order valence-corrected chi connectivity index (χ3v) is 2.99. The average molecular weight is 281 g/mol. The predicted molar refractivity (Wildman–Crippen MR) is 75.2 cm³/mol. The standard InChI is InChI=1S/C13H14ClFN4/c1-7(2)11-12(16)17-6-18-13(11)19-10-4-3-8(15)5-9(10)14/h3-7H,1-2H3,(H3,16,17,18,19). The Morgan fingerprint density at radius 1 is 1.32 bits per heavy atom. The smallest absolute Gasteiger partial charge is 0.139 e. The van der Waals surface area contributed by atoms with E-state index in [0.717, 1.165) is 5.56 Å². The molecular weight excluding hydrogens is 267 g/mol. The van der Waals surface area contributed by atoms with Crippen LogP contribution in [0.3, 0.4) is 0 Å². The average Bonchev–Trinajstić information content (AvgIpc) is 2.32. The van der Waals surface area contributed by atoms with Crippen LogP contribution in [0.2, 0.25) is 5.02 Å². The van der Waals surface area contributed by atoms with Crippen LogP contribution in [0.15, 0.2) is 24.5 Å². The van der Waals surface area contributed by atoms with Crippen LogP contribution in [0.1, 0.15) is 25.3 Å². The van der Waals surface area contributed by atoms with Gasteiger partial charge in [0.25, 0.3) is 0 Å². The van der Waals surface area contributed by atoms with Crippen molar-refractivity contribution in [2.75, 3.05) is 11.1 Å². The highest BCUT2D eigenvalue weighted by Gasteiger charge is 2.14. The molecule has 0 aliphatic heterocycles. The molecule has 3 N–H and O–H groups in total. The van der Waals surface area contributed by atoms with E-state index in [1.807, 2.05) is 13.8 Å². The summed E-state index contributed by atoms with van der Waals surface area (Å²) in [5.41, 5.74) is 7.23. The number of hydrogen-bond acceptors (Lipinski definition) is 4. The molecule has 0 atom stereocenters. The number of nitrogens with one attached hydrogen (secondary N) is 1. The summed E-state index contributed by atoms with van der Waals surface area (Å²) in [6.07, 6.45) is 1.38. The highest BCUT2D eigenvalue weighted by molar-refractivity contribution is 6.33. The summed E-state index contributed by atoms with van der Waals surface area (Å²) in [7, 11) is 0. The largest absolute Gasteiger partial charge is 0.383 e. The second-order valence-corrected chi connectivity index (χ2v) is 4.83. The molecule has 4 nitrogen and oxygen atoms in total. The molecule has 2 rings (SSSR count). The van der Waals surface area contributed by atoms with Gasteiger partial charge in [-0.25, -0.2) is 14.4 Å². The molecule has 0 aliphatic carbocycles. The van der Waals surface area contributed by atoms with Crippen LogP contribution < -0.4 is 11.1 Å². The van der Waals surface area contributed by atoms with Crippen LogP contribution in [-0.2, 0) is 0 Å². The maximum atomic E-state index is 13.0. The minimum atomic E-state index is -0.387. The van der Waals surface area contributed by atoms with E-state index < -0.39 is 0 Å². The van der Waals surface area contributed by atoms with Crippen molar-refractivity contribution in [1.29, 1.82) is 0 Å². The number of nitrogen functional groups attached to an aromatic ring is 1. The van der Waals surface area contributed by atoms with Gasteiger partial charge in [-0.3, -0.25) is 0 Å². The van der Waals surface area contributed by atoms with Crippen molar-refractivity contribution in [3.05, 3.63) is 40.9 Å². The van der Waals surface area contributed by atoms with Gasteiger partial charge in [0.2, 0.25) is 0 Å². The van der Waals surface area contributed by atoms with Gasteiger partial charge in [0.1, 0.15) is 23.8 Å². The van der Waals surface area contributed by atoms with E-state index in [4.69, 9.17) is 17.3 Å². The number of aromatic nitrogens is 2. The fraction of sp³-hybridized carbons (Fsp3) is 0.231. The van der Waals surface area contributed by atoms with Crippen LogP contribution >= 0.6 is 11.6 Å². The molecule has 0 unspecified atom stereocenters. The van der Waals surface area contributed by atoms with E-state index in [1.165, 1.54) is 18.5 Å². The van der Waals surface area contributed by atoms with Gasteiger partial charge in [-0.15, -0.1) is 0 Å². The van der Waals surface area contributed by atoms with Gasteiger partial charge in [-0.05, 0) is 24.1 Å². The van der Waals surface area contributed by atoms with Crippen molar-refractivity contribution in [2.45, 2.75) is 19.8 Å². The first kappa shape index (κ1) is 13.5. The second kappa shape index (κ2) is 5.40. The third kappa shape index (κ3) is 2.93. The van der Waals surface area contributed by atoms with Crippen molar-refractivity contribution in [1.82, 2.24) is 9.97 Å². The summed E-state index contributed by atoms with van der Waals surface area (Å²) >= 11 is 5.97. The SMILES string of the molecule is CC(C)c1c(N)ncnc1Nc1ccc(F)cc1Cl. The zero-order valence-corrected chi connectivity index (χ0v) is 11.4. The fourth-order valence-electron chi connectivity index (χ4n) is 1.80. The molecule has 0 spiro atoms. The van der Waals surface area contributed by atoms with Crippen LogP contribution in [-0.4, -0.2) is 9.97 Å². The Morgan fingerprint density at radius 2 is 2.05 bits per heavy atom. The van der Waals surface area contributed by atoms with Gasteiger partial charge in [0.05, 0.1) is 10.7 Å². The van der Waals surface area contributed by atoms with Crippen LogP contribution in [0, 0.1) is 5.82 Å². The molecule has 0 saturated carbocycles. The summed E-state index contributed by atoms with van der Waals surface area (Å²) in [4.78, 5) is 8.14. The molecule has 0 amide bonds. The Morgan fingerprint density at radius 3 is 2.68 bits per heavy atom. The van der Waals surface area contributed by atoms with E-state index in [2.05, 4.69) is 15.3 Å². The molecular formula is C13H14ClFN4. The maximum Gasteiger partial charge on any atom is 0.139 e. The monoisotopic (exact) mass is 280 g/mol. The lowest BCUT2D eigenvalue weighted by atomic mass is 10.0. The molecule has 0 saturated heterocycles. The Labute approximate surface area is 115 Å². The number of nitrogens with zero attached hydrogens (tertiary/aromatic N) is 2. The molecule has 1 aromatic carbocycles. The van der Waals surface area contributed by atoms with Crippen molar-refractivity contribution in [2.24, 2.45) is 0 Å².